The van der Waals surface area contributed by atoms with Gasteiger partial charge < -0.3 is 15.1 Å². The number of nitrogens with zero attached hydrogens (tertiary/aromatic N) is 2. The number of rotatable bonds is 3. The summed E-state index contributed by atoms with van der Waals surface area (Å²) in [7, 11) is 0. The highest BCUT2D eigenvalue weighted by Gasteiger charge is 2.33. The van der Waals surface area contributed by atoms with Crippen LogP contribution in [0.1, 0.15) is 26.2 Å². The first-order chi connectivity index (χ1) is 8.33. The van der Waals surface area contributed by atoms with Crippen molar-refractivity contribution in [1.29, 1.82) is 0 Å². The van der Waals surface area contributed by atoms with Gasteiger partial charge in [-0.15, -0.1) is 11.8 Å². The zero-order chi connectivity index (χ0) is 12.1. The Morgan fingerprint density at radius 2 is 2.12 bits per heavy atom. The van der Waals surface area contributed by atoms with Crippen molar-refractivity contribution in [2.75, 3.05) is 32.7 Å². The van der Waals surface area contributed by atoms with Gasteiger partial charge in [0.05, 0.1) is 0 Å². The van der Waals surface area contributed by atoms with Crippen LogP contribution in [0.2, 0.25) is 0 Å². The van der Waals surface area contributed by atoms with Crippen molar-refractivity contribution in [2.24, 2.45) is 0 Å². The molecule has 17 heavy (non-hydrogen) atoms. The van der Waals surface area contributed by atoms with Gasteiger partial charge in [0.2, 0.25) is 0 Å². The molecule has 2 fully saturated rings. The first-order valence-electron chi connectivity index (χ1n) is 6.49. The van der Waals surface area contributed by atoms with E-state index in [0.29, 0.717) is 6.04 Å². The number of hydrogen-bond acceptors (Lipinski definition) is 2. The second-order valence-corrected chi connectivity index (χ2v) is 4.62. The van der Waals surface area contributed by atoms with Crippen molar-refractivity contribution in [3.05, 3.63) is 0 Å². The zero-order valence-electron chi connectivity index (χ0n) is 10.5. The van der Waals surface area contributed by atoms with Crippen LogP contribution in [0.15, 0.2) is 0 Å². The summed E-state index contributed by atoms with van der Waals surface area (Å²) < 4.78 is 0. The molecule has 0 saturated carbocycles. The number of carbonyl (C=O) groups excluding carboxylic acids is 1. The summed E-state index contributed by atoms with van der Waals surface area (Å²) in [5, 5.41) is 3.34. The fraction of sp³-hybridized carbons (Fsp3) is 0.769. The van der Waals surface area contributed by atoms with E-state index in [2.05, 4.69) is 22.1 Å². The molecule has 1 N–H and O–H groups in total. The summed E-state index contributed by atoms with van der Waals surface area (Å²) >= 11 is 0. The van der Waals surface area contributed by atoms with Gasteiger partial charge in [-0.05, 0) is 32.9 Å². The zero-order valence-corrected chi connectivity index (χ0v) is 10.5. The minimum Gasteiger partial charge on any atom is -0.322 e. The number of amides is 2. The standard InChI is InChI=1S/C13H21N3O/c1-2-3-4-9-15-10-11-16(13(15)17)12-5-7-14-8-6-12/h12,14H,4-11H2,1H3. The number of urea groups is 1. The molecule has 2 saturated heterocycles. The lowest BCUT2D eigenvalue weighted by molar-refractivity contribution is 0.166. The Morgan fingerprint density at radius 1 is 1.35 bits per heavy atom. The Kier molecular flexibility index (Phi) is 4.27. The van der Waals surface area contributed by atoms with Crippen LogP contribution in [-0.4, -0.2) is 54.6 Å². The van der Waals surface area contributed by atoms with E-state index in [4.69, 9.17) is 0 Å². The first-order valence-corrected chi connectivity index (χ1v) is 6.49. The van der Waals surface area contributed by atoms with Gasteiger partial charge in [0, 0.05) is 32.1 Å². The molecule has 2 aliphatic rings. The normalized spacial score (nSPS) is 21.6. The summed E-state index contributed by atoms with van der Waals surface area (Å²) in [4.78, 5) is 16.2. The molecule has 0 atom stereocenters. The third-order valence-electron chi connectivity index (χ3n) is 3.56. The van der Waals surface area contributed by atoms with Gasteiger partial charge >= 0.3 is 6.03 Å². The van der Waals surface area contributed by atoms with Crippen LogP contribution in [0.25, 0.3) is 0 Å². The average Bonchev–Trinajstić information content (AvgIpc) is 2.73. The van der Waals surface area contributed by atoms with Gasteiger partial charge in [0.1, 0.15) is 0 Å². The summed E-state index contributed by atoms with van der Waals surface area (Å²) in [5.74, 6) is 5.89. The van der Waals surface area contributed by atoms with E-state index in [1.165, 1.54) is 0 Å². The smallest absolute Gasteiger partial charge is 0.320 e. The molecule has 4 heteroatoms. The number of carbonyl (C=O) groups is 1. The summed E-state index contributed by atoms with van der Waals surface area (Å²) in [6, 6.07) is 0.667. The van der Waals surface area contributed by atoms with Gasteiger partial charge in [-0.3, -0.25) is 0 Å². The molecule has 0 spiro atoms. The summed E-state index contributed by atoms with van der Waals surface area (Å²) in [5.41, 5.74) is 0. The molecule has 0 aliphatic carbocycles. The fourth-order valence-electron chi connectivity index (χ4n) is 2.58. The van der Waals surface area contributed by atoms with Gasteiger partial charge in [-0.25, -0.2) is 4.79 Å². The van der Waals surface area contributed by atoms with E-state index in [0.717, 1.165) is 52.0 Å². The molecule has 0 aromatic rings. The number of piperidine rings is 1. The lowest BCUT2D eigenvalue weighted by Crippen LogP contribution is -2.45. The predicted octanol–water partition coefficient (Wildman–Crippen LogP) is 0.889. The van der Waals surface area contributed by atoms with Crippen molar-refractivity contribution in [2.45, 2.75) is 32.2 Å². The molecule has 0 unspecified atom stereocenters. The number of hydrogen-bond donors (Lipinski definition) is 1. The van der Waals surface area contributed by atoms with E-state index < -0.39 is 0 Å². The van der Waals surface area contributed by atoms with Gasteiger partial charge in [-0.1, -0.05) is 0 Å². The molecule has 2 rings (SSSR count). The largest absolute Gasteiger partial charge is 0.322 e. The third kappa shape index (κ3) is 2.92. The van der Waals surface area contributed by atoms with Crippen LogP contribution in [-0.2, 0) is 0 Å². The summed E-state index contributed by atoms with van der Waals surface area (Å²) in [6.45, 7) is 6.46. The molecule has 0 bridgehead atoms. The van der Waals surface area contributed by atoms with Crippen molar-refractivity contribution in [1.82, 2.24) is 15.1 Å². The minimum absolute atomic E-state index is 0.217. The predicted molar refractivity (Wildman–Crippen MR) is 67.6 cm³/mol. The summed E-state index contributed by atoms with van der Waals surface area (Å²) in [6.07, 6.45) is 2.98. The first kappa shape index (κ1) is 12.3. The van der Waals surface area contributed by atoms with E-state index in [9.17, 15) is 4.79 Å². The monoisotopic (exact) mass is 235 g/mol. The van der Waals surface area contributed by atoms with Gasteiger partial charge in [0.15, 0.2) is 0 Å². The third-order valence-corrected chi connectivity index (χ3v) is 3.56. The molecule has 2 amide bonds. The van der Waals surface area contributed by atoms with Crippen LogP contribution in [0.3, 0.4) is 0 Å². The van der Waals surface area contributed by atoms with E-state index in [1.807, 2.05) is 11.8 Å². The SMILES string of the molecule is CC#CCCN1CCN(C2CCNCC2)C1=O. The highest BCUT2D eigenvalue weighted by Crippen LogP contribution is 2.18. The van der Waals surface area contributed by atoms with Crippen molar-refractivity contribution in [3.63, 3.8) is 0 Å². The van der Waals surface area contributed by atoms with Crippen molar-refractivity contribution < 1.29 is 4.79 Å². The van der Waals surface area contributed by atoms with Crippen LogP contribution in [0.5, 0.6) is 0 Å². The average molecular weight is 235 g/mol. The topological polar surface area (TPSA) is 35.6 Å². The number of nitrogens with one attached hydrogen (secondary N) is 1. The molecule has 2 heterocycles. The second kappa shape index (κ2) is 5.92. The van der Waals surface area contributed by atoms with Crippen molar-refractivity contribution >= 4 is 6.03 Å². The highest BCUT2D eigenvalue weighted by molar-refractivity contribution is 5.76. The Hall–Kier alpha value is -1.21. The molecule has 94 valence electrons. The lowest BCUT2D eigenvalue weighted by atomic mass is 10.1. The fourth-order valence-corrected chi connectivity index (χ4v) is 2.58. The van der Waals surface area contributed by atoms with Crippen molar-refractivity contribution in [3.8, 4) is 11.8 Å². The molecule has 0 aromatic heterocycles. The Bertz CT molecular complexity index is 325. The quantitative estimate of drug-likeness (QED) is 0.737. The molecule has 0 aromatic carbocycles. The highest BCUT2D eigenvalue weighted by atomic mass is 16.2. The van der Waals surface area contributed by atoms with Crippen LogP contribution in [0.4, 0.5) is 4.79 Å². The van der Waals surface area contributed by atoms with Gasteiger partial charge in [0.25, 0.3) is 0 Å². The van der Waals surface area contributed by atoms with Crippen LogP contribution in [0, 0.1) is 11.8 Å². The van der Waals surface area contributed by atoms with Crippen LogP contribution < -0.4 is 5.32 Å². The lowest BCUT2D eigenvalue weighted by Gasteiger charge is -2.31. The molecule has 0 radical (unpaired) electrons. The van der Waals surface area contributed by atoms with E-state index in [-0.39, 0.29) is 6.03 Å². The maximum Gasteiger partial charge on any atom is 0.320 e. The molecule has 2 aliphatic heterocycles. The Balaban J connectivity index is 1.85. The Morgan fingerprint density at radius 3 is 2.82 bits per heavy atom. The minimum atomic E-state index is 0.217. The maximum absolute atomic E-state index is 12.2. The molecular formula is C13H21N3O. The van der Waals surface area contributed by atoms with E-state index >= 15 is 0 Å². The van der Waals surface area contributed by atoms with Gasteiger partial charge in [-0.2, -0.15) is 0 Å². The molecular weight excluding hydrogens is 214 g/mol. The Labute approximate surface area is 103 Å². The second-order valence-electron chi connectivity index (χ2n) is 4.62. The maximum atomic E-state index is 12.2. The molecule has 4 nitrogen and oxygen atoms in total. The van der Waals surface area contributed by atoms with Crippen LogP contribution >= 0.6 is 0 Å². The van der Waals surface area contributed by atoms with E-state index in [1.54, 1.807) is 0 Å².